The molecule has 1 amide bonds. The zero-order valence-electron chi connectivity index (χ0n) is 16.5. The van der Waals surface area contributed by atoms with Gasteiger partial charge in [0.2, 0.25) is 0 Å². The Kier molecular flexibility index (Phi) is 6.53. The van der Waals surface area contributed by atoms with E-state index in [1.54, 1.807) is 12.1 Å². The molecule has 0 aromatic heterocycles. The molecule has 146 valence electrons. The fraction of sp³-hybridized carbons (Fsp3) is 0.292. The van der Waals surface area contributed by atoms with Crippen LogP contribution in [-0.2, 0) is 0 Å². The molecule has 4 nitrogen and oxygen atoms in total. The Morgan fingerprint density at radius 1 is 1.00 bits per heavy atom. The van der Waals surface area contributed by atoms with Gasteiger partial charge < -0.3 is 15.2 Å². The van der Waals surface area contributed by atoms with Crippen molar-refractivity contribution in [3.8, 4) is 11.5 Å². The van der Waals surface area contributed by atoms with E-state index in [1.807, 2.05) is 49.4 Å². The van der Waals surface area contributed by atoms with E-state index >= 15 is 0 Å². The molecule has 4 heteroatoms. The highest BCUT2D eigenvalue weighted by molar-refractivity contribution is 6.11. The number of amides is 1. The van der Waals surface area contributed by atoms with Crippen LogP contribution in [0.25, 0.3) is 10.8 Å². The molecule has 28 heavy (non-hydrogen) atoms. The number of carbonyl (C=O) groups excluding carboxylic acids is 1. The summed E-state index contributed by atoms with van der Waals surface area (Å²) >= 11 is 0. The highest BCUT2D eigenvalue weighted by Gasteiger charge is 2.18. The summed E-state index contributed by atoms with van der Waals surface area (Å²) in [4.78, 5) is 12.9. The van der Waals surface area contributed by atoms with Gasteiger partial charge in [-0.1, -0.05) is 68.7 Å². The SMILES string of the molecule is CCCCCCOc1cc(C(=O)Nc2ccccc2C)c(O)c2ccccc12. The summed E-state index contributed by atoms with van der Waals surface area (Å²) in [5.41, 5.74) is 1.90. The quantitative estimate of drug-likeness (QED) is 0.469. The molecule has 0 aliphatic rings. The first-order chi connectivity index (χ1) is 13.6. The number of nitrogens with one attached hydrogen (secondary N) is 1. The van der Waals surface area contributed by atoms with Crippen molar-refractivity contribution in [1.29, 1.82) is 0 Å². The molecule has 0 unspecified atom stereocenters. The number of fused-ring (bicyclic) bond motifs is 1. The van der Waals surface area contributed by atoms with Crippen molar-refractivity contribution in [3.05, 3.63) is 65.7 Å². The number of phenolic OH excluding ortho intramolecular Hbond substituents is 1. The molecule has 0 heterocycles. The van der Waals surface area contributed by atoms with Crippen LogP contribution in [0.15, 0.2) is 54.6 Å². The van der Waals surface area contributed by atoms with E-state index in [4.69, 9.17) is 4.74 Å². The monoisotopic (exact) mass is 377 g/mol. The van der Waals surface area contributed by atoms with Crippen LogP contribution in [0, 0.1) is 6.92 Å². The van der Waals surface area contributed by atoms with Crippen molar-refractivity contribution in [2.75, 3.05) is 11.9 Å². The van der Waals surface area contributed by atoms with Gasteiger partial charge in [0.25, 0.3) is 5.91 Å². The molecular formula is C24H27NO3. The van der Waals surface area contributed by atoms with Crippen LogP contribution in [0.5, 0.6) is 11.5 Å². The third-order valence-electron chi connectivity index (χ3n) is 4.87. The number of aromatic hydroxyl groups is 1. The van der Waals surface area contributed by atoms with Crippen LogP contribution in [0.3, 0.4) is 0 Å². The first-order valence-corrected chi connectivity index (χ1v) is 9.86. The molecule has 0 bridgehead atoms. The summed E-state index contributed by atoms with van der Waals surface area (Å²) in [6, 6.07) is 16.7. The predicted octanol–water partition coefficient (Wildman–Crippen LogP) is 6.07. The molecule has 3 aromatic rings. The number of rotatable bonds is 8. The van der Waals surface area contributed by atoms with E-state index in [2.05, 4.69) is 12.2 Å². The Morgan fingerprint density at radius 3 is 2.46 bits per heavy atom. The first-order valence-electron chi connectivity index (χ1n) is 9.86. The number of para-hydroxylation sites is 1. The zero-order chi connectivity index (χ0) is 19.9. The van der Waals surface area contributed by atoms with Crippen LogP contribution in [0.1, 0.15) is 48.5 Å². The minimum Gasteiger partial charge on any atom is -0.506 e. The summed E-state index contributed by atoms with van der Waals surface area (Å²) in [7, 11) is 0. The van der Waals surface area contributed by atoms with Crippen molar-refractivity contribution in [1.82, 2.24) is 0 Å². The molecule has 0 spiro atoms. The molecule has 0 saturated heterocycles. The average molecular weight is 377 g/mol. The maximum atomic E-state index is 12.9. The van der Waals surface area contributed by atoms with Crippen molar-refractivity contribution in [2.45, 2.75) is 39.5 Å². The Bertz CT molecular complexity index is 965. The minimum atomic E-state index is -0.353. The van der Waals surface area contributed by atoms with Gasteiger partial charge >= 0.3 is 0 Å². The number of hydrogen-bond acceptors (Lipinski definition) is 3. The lowest BCUT2D eigenvalue weighted by Crippen LogP contribution is -2.13. The van der Waals surface area contributed by atoms with E-state index in [0.717, 1.165) is 29.5 Å². The lowest BCUT2D eigenvalue weighted by molar-refractivity contribution is 0.102. The number of aryl methyl sites for hydroxylation is 1. The summed E-state index contributed by atoms with van der Waals surface area (Å²) < 4.78 is 5.99. The molecule has 0 aliphatic carbocycles. The maximum Gasteiger partial charge on any atom is 0.259 e. The summed E-state index contributed by atoms with van der Waals surface area (Å²) in [6.07, 6.45) is 4.44. The molecule has 3 aromatic carbocycles. The van der Waals surface area contributed by atoms with Gasteiger partial charge in [0.15, 0.2) is 0 Å². The van der Waals surface area contributed by atoms with Gasteiger partial charge in [-0.15, -0.1) is 0 Å². The highest BCUT2D eigenvalue weighted by atomic mass is 16.5. The molecule has 0 aliphatic heterocycles. The van der Waals surface area contributed by atoms with E-state index in [0.29, 0.717) is 17.7 Å². The van der Waals surface area contributed by atoms with Gasteiger partial charge in [0, 0.05) is 16.5 Å². The lowest BCUT2D eigenvalue weighted by atomic mass is 10.0. The second kappa shape index (κ2) is 9.27. The van der Waals surface area contributed by atoms with E-state index in [1.165, 1.54) is 12.8 Å². The number of phenols is 1. The molecule has 3 rings (SSSR count). The normalized spacial score (nSPS) is 10.8. The fourth-order valence-corrected chi connectivity index (χ4v) is 3.23. The average Bonchev–Trinajstić information content (AvgIpc) is 2.71. The van der Waals surface area contributed by atoms with Crippen molar-refractivity contribution in [3.63, 3.8) is 0 Å². The number of anilines is 1. The fourth-order valence-electron chi connectivity index (χ4n) is 3.23. The lowest BCUT2D eigenvalue weighted by Gasteiger charge is -2.15. The maximum absolute atomic E-state index is 12.9. The van der Waals surface area contributed by atoms with Crippen LogP contribution < -0.4 is 10.1 Å². The van der Waals surface area contributed by atoms with Crippen LogP contribution in [0.2, 0.25) is 0 Å². The van der Waals surface area contributed by atoms with E-state index in [9.17, 15) is 9.90 Å². The van der Waals surface area contributed by atoms with Gasteiger partial charge in [0.1, 0.15) is 11.5 Å². The van der Waals surface area contributed by atoms with Crippen molar-refractivity contribution >= 4 is 22.4 Å². The highest BCUT2D eigenvalue weighted by Crippen LogP contribution is 2.36. The Hall–Kier alpha value is -3.01. The minimum absolute atomic E-state index is 0.0278. The first kappa shape index (κ1) is 19.7. The second-order valence-corrected chi connectivity index (χ2v) is 6.99. The number of unbranched alkanes of at least 4 members (excludes halogenated alkanes) is 3. The smallest absolute Gasteiger partial charge is 0.259 e. The largest absolute Gasteiger partial charge is 0.506 e. The van der Waals surface area contributed by atoms with Crippen LogP contribution >= 0.6 is 0 Å². The Balaban J connectivity index is 1.90. The van der Waals surface area contributed by atoms with Crippen molar-refractivity contribution < 1.29 is 14.6 Å². The van der Waals surface area contributed by atoms with Crippen LogP contribution in [-0.4, -0.2) is 17.6 Å². The Morgan fingerprint density at radius 2 is 1.71 bits per heavy atom. The number of benzene rings is 3. The van der Waals surface area contributed by atoms with Gasteiger partial charge in [-0.05, 0) is 31.0 Å². The third kappa shape index (κ3) is 4.45. The zero-order valence-corrected chi connectivity index (χ0v) is 16.5. The number of carbonyl (C=O) groups is 1. The molecule has 0 fully saturated rings. The van der Waals surface area contributed by atoms with E-state index < -0.39 is 0 Å². The second-order valence-electron chi connectivity index (χ2n) is 6.99. The molecule has 2 N–H and O–H groups in total. The van der Waals surface area contributed by atoms with Gasteiger partial charge in [-0.3, -0.25) is 4.79 Å². The summed E-state index contributed by atoms with van der Waals surface area (Å²) in [6.45, 7) is 4.70. The number of ether oxygens (including phenoxy) is 1. The molecule has 0 saturated carbocycles. The van der Waals surface area contributed by atoms with E-state index in [-0.39, 0.29) is 17.2 Å². The predicted molar refractivity (Wildman–Crippen MR) is 114 cm³/mol. The topological polar surface area (TPSA) is 58.6 Å². The van der Waals surface area contributed by atoms with Gasteiger partial charge in [0.05, 0.1) is 12.2 Å². The number of hydrogen-bond donors (Lipinski definition) is 2. The van der Waals surface area contributed by atoms with Crippen LogP contribution in [0.4, 0.5) is 5.69 Å². The van der Waals surface area contributed by atoms with Gasteiger partial charge in [-0.25, -0.2) is 0 Å². The van der Waals surface area contributed by atoms with Crippen molar-refractivity contribution in [2.24, 2.45) is 0 Å². The molecule has 0 atom stereocenters. The Labute approximate surface area is 166 Å². The standard InChI is InChI=1S/C24H27NO3/c1-3-4-5-10-15-28-22-16-20(23(26)19-13-8-7-12-18(19)22)24(27)25-21-14-9-6-11-17(21)2/h6-9,11-14,16,26H,3-5,10,15H2,1-2H3,(H,25,27). The van der Waals surface area contributed by atoms with Gasteiger partial charge in [-0.2, -0.15) is 0 Å². The third-order valence-corrected chi connectivity index (χ3v) is 4.87. The molecule has 0 radical (unpaired) electrons. The summed E-state index contributed by atoms with van der Waals surface area (Å²) in [5, 5.41) is 15.0. The molecular weight excluding hydrogens is 350 g/mol. The summed E-state index contributed by atoms with van der Waals surface area (Å²) in [5.74, 6) is 0.244.